The van der Waals surface area contributed by atoms with Crippen molar-refractivity contribution in [1.82, 2.24) is 10.2 Å². The average Bonchev–Trinajstić information content (AvgIpc) is 3.09. The van der Waals surface area contributed by atoms with Crippen LogP contribution in [0.25, 0.3) is 0 Å². The molecule has 26 heavy (non-hydrogen) atoms. The Balaban J connectivity index is 1.69. The van der Waals surface area contributed by atoms with E-state index in [-0.39, 0.29) is 23.6 Å². The molecular weight excluding hydrogens is 330 g/mol. The number of benzene rings is 1. The van der Waals surface area contributed by atoms with Gasteiger partial charge in [0.05, 0.1) is 5.92 Å². The summed E-state index contributed by atoms with van der Waals surface area (Å²) in [6.07, 6.45) is 3.36. The minimum absolute atomic E-state index is 0.0259. The molecule has 2 heterocycles. The summed E-state index contributed by atoms with van der Waals surface area (Å²) < 4.78 is 0. The number of carbonyl (C=O) groups excluding carboxylic acids is 3. The first kappa shape index (κ1) is 18.4. The van der Waals surface area contributed by atoms with Gasteiger partial charge in [0.25, 0.3) is 5.91 Å². The third kappa shape index (κ3) is 3.74. The molecule has 2 aliphatic rings. The van der Waals surface area contributed by atoms with Crippen molar-refractivity contribution in [2.24, 2.45) is 5.92 Å². The number of anilines is 1. The summed E-state index contributed by atoms with van der Waals surface area (Å²) in [7, 11) is 0. The molecule has 0 bridgehead atoms. The minimum Gasteiger partial charge on any atom is -0.356 e. The van der Waals surface area contributed by atoms with Crippen molar-refractivity contribution in [3.05, 3.63) is 29.3 Å². The van der Waals surface area contributed by atoms with E-state index in [2.05, 4.69) is 5.32 Å². The van der Waals surface area contributed by atoms with Gasteiger partial charge in [-0.15, -0.1) is 0 Å². The largest absolute Gasteiger partial charge is 0.356 e. The van der Waals surface area contributed by atoms with Crippen molar-refractivity contribution in [3.8, 4) is 0 Å². The molecule has 1 saturated heterocycles. The second-order valence-electron chi connectivity index (χ2n) is 7.15. The summed E-state index contributed by atoms with van der Waals surface area (Å²) in [6.45, 7) is 6.11. The van der Waals surface area contributed by atoms with E-state index in [1.165, 1.54) is 0 Å². The summed E-state index contributed by atoms with van der Waals surface area (Å²) >= 11 is 0. The van der Waals surface area contributed by atoms with Gasteiger partial charge in [-0.1, -0.05) is 6.92 Å². The van der Waals surface area contributed by atoms with Gasteiger partial charge >= 0.3 is 0 Å². The molecule has 3 amide bonds. The van der Waals surface area contributed by atoms with Gasteiger partial charge in [0.1, 0.15) is 0 Å². The summed E-state index contributed by atoms with van der Waals surface area (Å²) in [6, 6.07) is 5.57. The highest BCUT2D eigenvalue weighted by atomic mass is 16.2. The SMILES string of the molecule is CCCNC(=O)C1CCCN(C(=O)c2ccc3c(c2)CCN3C(C)=O)C1. The number of rotatable bonds is 4. The molecule has 6 heteroatoms. The van der Waals surface area contributed by atoms with Crippen LogP contribution in [-0.4, -0.2) is 48.8 Å². The summed E-state index contributed by atoms with van der Waals surface area (Å²) in [5, 5.41) is 2.94. The van der Waals surface area contributed by atoms with Crippen LogP contribution in [0.1, 0.15) is 49.0 Å². The second kappa shape index (κ2) is 7.89. The number of likely N-dealkylation sites (tertiary alicyclic amines) is 1. The molecule has 1 atom stereocenters. The van der Waals surface area contributed by atoms with Crippen LogP contribution in [0.2, 0.25) is 0 Å². The Morgan fingerprint density at radius 2 is 2.04 bits per heavy atom. The van der Waals surface area contributed by atoms with Gasteiger partial charge < -0.3 is 15.1 Å². The van der Waals surface area contributed by atoms with Crippen molar-refractivity contribution in [1.29, 1.82) is 0 Å². The molecule has 1 fully saturated rings. The highest BCUT2D eigenvalue weighted by Gasteiger charge is 2.30. The molecule has 2 aliphatic heterocycles. The lowest BCUT2D eigenvalue weighted by Crippen LogP contribution is -2.45. The molecule has 3 rings (SSSR count). The molecule has 0 radical (unpaired) electrons. The monoisotopic (exact) mass is 357 g/mol. The first-order valence-electron chi connectivity index (χ1n) is 9.49. The average molecular weight is 357 g/mol. The van der Waals surface area contributed by atoms with Gasteiger partial charge in [-0.05, 0) is 49.4 Å². The van der Waals surface area contributed by atoms with Gasteiger partial charge in [0.15, 0.2) is 0 Å². The fourth-order valence-electron chi connectivity index (χ4n) is 3.81. The normalized spacial score (nSPS) is 19.2. The lowest BCUT2D eigenvalue weighted by atomic mass is 9.96. The molecular formula is C20H27N3O3. The van der Waals surface area contributed by atoms with E-state index < -0.39 is 0 Å². The van der Waals surface area contributed by atoms with Crippen LogP contribution in [0, 0.1) is 5.92 Å². The highest BCUT2D eigenvalue weighted by molar-refractivity contribution is 5.98. The van der Waals surface area contributed by atoms with Crippen molar-refractivity contribution < 1.29 is 14.4 Å². The van der Waals surface area contributed by atoms with Gasteiger partial charge in [-0.2, -0.15) is 0 Å². The number of nitrogens with zero attached hydrogens (tertiary/aromatic N) is 2. The molecule has 1 unspecified atom stereocenters. The van der Waals surface area contributed by atoms with Gasteiger partial charge in [0, 0.05) is 44.4 Å². The lowest BCUT2D eigenvalue weighted by Gasteiger charge is -2.32. The second-order valence-corrected chi connectivity index (χ2v) is 7.15. The molecule has 0 spiro atoms. The number of piperidine rings is 1. The number of hydrogen-bond donors (Lipinski definition) is 1. The molecule has 1 N–H and O–H groups in total. The zero-order chi connectivity index (χ0) is 18.7. The third-order valence-corrected chi connectivity index (χ3v) is 5.23. The van der Waals surface area contributed by atoms with Gasteiger partial charge in [-0.3, -0.25) is 14.4 Å². The topological polar surface area (TPSA) is 69.7 Å². The lowest BCUT2D eigenvalue weighted by molar-refractivity contribution is -0.126. The summed E-state index contributed by atoms with van der Waals surface area (Å²) in [5.74, 6) is -0.0702. The van der Waals surface area contributed by atoms with Crippen LogP contribution in [-0.2, 0) is 16.0 Å². The fraction of sp³-hybridized carbons (Fsp3) is 0.550. The highest BCUT2D eigenvalue weighted by Crippen LogP contribution is 2.29. The molecule has 0 aliphatic carbocycles. The summed E-state index contributed by atoms with van der Waals surface area (Å²) in [4.78, 5) is 40.3. The van der Waals surface area contributed by atoms with E-state index in [0.29, 0.717) is 31.7 Å². The van der Waals surface area contributed by atoms with Gasteiger partial charge in [-0.25, -0.2) is 0 Å². The molecule has 0 aromatic heterocycles. The predicted octanol–water partition coefficient (Wildman–Crippen LogP) is 1.97. The molecule has 1 aromatic carbocycles. The van der Waals surface area contributed by atoms with Crippen molar-refractivity contribution >= 4 is 23.4 Å². The van der Waals surface area contributed by atoms with Crippen molar-refractivity contribution in [2.45, 2.75) is 39.5 Å². The molecule has 1 aromatic rings. The van der Waals surface area contributed by atoms with Gasteiger partial charge in [0.2, 0.25) is 11.8 Å². The molecule has 0 saturated carbocycles. The number of carbonyl (C=O) groups is 3. The smallest absolute Gasteiger partial charge is 0.253 e. The maximum atomic E-state index is 12.9. The van der Waals surface area contributed by atoms with Crippen LogP contribution >= 0.6 is 0 Å². The first-order valence-corrected chi connectivity index (χ1v) is 9.49. The Hall–Kier alpha value is -2.37. The van der Waals surface area contributed by atoms with Crippen molar-refractivity contribution in [2.75, 3.05) is 31.1 Å². The maximum absolute atomic E-state index is 12.9. The van der Waals surface area contributed by atoms with E-state index >= 15 is 0 Å². The Kier molecular flexibility index (Phi) is 5.59. The number of hydrogen-bond acceptors (Lipinski definition) is 3. The maximum Gasteiger partial charge on any atom is 0.253 e. The molecule has 140 valence electrons. The number of fused-ring (bicyclic) bond motifs is 1. The van der Waals surface area contributed by atoms with E-state index in [0.717, 1.165) is 36.9 Å². The van der Waals surface area contributed by atoms with Crippen LogP contribution in [0.3, 0.4) is 0 Å². The number of amides is 3. The van der Waals surface area contributed by atoms with Crippen LogP contribution in [0.4, 0.5) is 5.69 Å². The van der Waals surface area contributed by atoms with E-state index in [1.807, 2.05) is 19.1 Å². The Morgan fingerprint density at radius 3 is 2.77 bits per heavy atom. The minimum atomic E-state index is -0.123. The molecule has 6 nitrogen and oxygen atoms in total. The Morgan fingerprint density at radius 1 is 1.23 bits per heavy atom. The van der Waals surface area contributed by atoms with Crippen molar-refractivity contribution in [3.63, 3.8) is 0 Å². The number of nitrogens with one attached hydrogen (secondary N) is 1. The predicted molar refractivity (Wildman–Crippen MR) is 100 cm³/mol. The first-order chi connectivity index (χ1) is 12.5. The van der Waals surface area contributed by atoms with Crippen LogP contribution in [0.5, 0.6) is 0 Å². The third-order valence-electron chi connectivity index (χ3n) is 5.23. The standard InChI is InChI=1S/C20H27N3O3/c1-3-9-21-19(25)17-5-4-10-22(13-17)20(26)16-6-7-18-15(12-16)8-11-23(18)14(2)24/h6-7,12,17H,3-5,8-11,13H2,1-2H3,(H,21,25). The van der Waals surface area contributed by atoms with Crippen LogP contribution < -0.4 is 10.2 Å². The fourth-order valence-corrected chi connectivity index (χ4v) is 3.81. The quantitative estimate of drug-likeness (QED) is 0.896. The van der Waals surface area contributed by atoms with E-state index in [4.69, 9.17) is 0 Å². The Bertz CT molecular complexity index is 716. The zero-order valence-corrected chi connectivity index (χ0v) is 15.6. The van der Waals surface area contributed by atoms with E-state index in [9.17, 15) is 14.4 Å². The Labute approximate surface area is 154 Å². The summed E-state index contributed by atoms with van der Waals surface area (Å²) in [5.41, 5.74) is 2.59. The van der Waals surface area contributed by atoms with E-state index in [1.54, 1.807) is 22.8 Å². The zero-order valence-electron chi connectivity index (χ0n) is 15.6. The van der Waals surface area contributed by atoms with Crippen LogP contribution in [0.15, 0.2) is 18.2 Å².